The standard InChI is InChI=1S/C15H16N3O2.HI/c1-11-10-12(2)17(3)15(16-11)9-6-13-4-7-14(8-5-13)18(19)20;/h4-10H,1-3H3;1H/q+1;/p-1/b9-6+;. The highest BCUT2D eigenvalue weighted by Gasteiger charge is 2.10. The van der Waals surface area contributed by atoms with Crippen LogP contribution in [0.5, 0.6) is 0 Å². The van der Waals surface area contributed by atoms with Crippen LogP contribution in [-0.4, -0.2) is 9.91 Å². The van der Waals surface area contributed by atoms with Crippen molar-refractivity contribution in [3.05, 3.63) is 63.2 Å². The van der Waals surface area contributed by atoms with Crippen molar-refractivity contribution in [1.82, 2.24) is 4.98 Å². The maximum atomic E-state index is 10.6. The van der Waals surface area contributed by atoms with Gasteiger partial charge in [0.25, 0.3) is 5.69 Å². The van der Waals surface area contributed by atoms with E-state index in [0.717, 1.165) is 22.8 Å². The van der Waals surface area contributed by atoms with Crippen molar-refractivity contribution < 1.29 is 33.5 Å². The molecule has 0 aliphatic rings. The Morgan fingerprint density at radius 1 is 1.19 bits per heavy atom. The third-order valence-electron chi connectivity index (χ3n) is 3.11. The van der Waals surface area contributed by atoms with E-state index in [-0.39, 0.29) is 29.7 Å². The zero-order chi connectivity index (χ0) is 14.7. The summed E-state index contributed by atoms with van der Waals surface area (Å²) >= 11 is 0. The fourth-order valence-corrected chi connectivity index (χ4v) is 1.89. The lowest BCUT2D eigenvalue weighted by molar-refractivity contribution is -0.682. The van der Waals surface area contributed by atoms with Gasteiger partial charge in [0.1, 0.15) is 5.69 Å². The first-order valence-corrected chi connectivity index (χ1v) is 6.24. The molecular formula is C15H16IN3O2. The van der Waals surface area contributed by atoms with E-state index in [0.29, 0.717) is 0 Å². The van der Waals surface area contributed by atoms with Gasteiger partial charge in [0.05, 0.1) is 12.0 Å². The van der Waals surface area contributed by atoms with E-state index >= 15 is 0 Å². The van der Waals surface area contributed by atoms with Gasteiger partial charge in [-0.05, 0) is 35.7 Å². The summed E-state index contributed by atoms with van der Waals surface area (Å²) in [5.41, 5.74) is 3.08. The molecule has 1 heterocycles. The maximum Gasteiger partial charge on any atom is 0.323 e. The summed E-state index contributed by atoms with van der Waals surface area (Å²) in [6.45, 7) is 3.98. The van der Waals surface area contributed by atoms with E-state index in [2.05, 4.69) is 4.98 Å². The van der Waals surface area contributed by atoms with Gasteiger partial charge in [-0.15, -0.1) is 0 Å². The fourth-order valence-electron chi connectivity index (χ4n) is 1.89. The molecule has 110 valence electrons. The molecule has 0 aliphatic heterocycles. The molecule has 5 nitrogen and oxygen atoms in total. The Bertz CT molecular complexity index is 682. The van der Waals surface area contributed by atoms with Gasteiger partial charge in [-0.3, -0.25) is 10.1 Å². The van der Waals surface area contributed by atoms with Gasteiger partial charge in [-0.2, -0.15) is 0 Å². The number of nitro groups is 1. The monoisotopic (exact) mass is 397 g/mol. The average Bonchev–Trinajstić information content (AvgIpc) is 2.41. The van der Waals surface area contributed by atoms with Gasteiger partial charge in [-0.1, -0.05) is 0 Å². The van der Waals surface area contributed by atoms with Crippen molar-refractivity contribution >= 4 is 17.8 Å². The molecule has 0 saturated heterocycles. The van der Waals surface area contributed by atoms with Crippen molar-refractivity contribution in [3.8, 4) is 0 Å². The van der Waals surface area contributed by atoms with Crippen LogP contribution in [0.25, 0.3) is 12.2 Å². The van der Waals surface area contributed by atoms with Gasteiger partial charge in [-0.25, -0.2) is 4.57 Å². The molecule has 0 N–H and O–H groups in total. The normalized spacial score (nSPS) is 10.4. The summed E-state index contributed by atoms with van der Waals surface area (Å²) in [4.78, 5) is 14.6. The van der Waals surface area contributed by atoms with E-state index in [1.807, 2.05) is 43.7 Å². The minimum absolute atomic E-state index is 0. The van der Waals surface area contributed by atoms with E-state index in [9.17, 15) is 10.1 Å². The number of aryl methyl sites for hydroxylation is 2. The Morgan fingerprint density at radius 2 is 1.81 bits per heavy atom. The topological polar surface area (TPSA) is 59.9 Å². The van der Waals surface area contributed by atoms with Crippen LogP contribution in [0, 0.1) is 24.0 Å². The molecule has 21 heavy (non-hydrogen) atoms. The largest absolute Gasteiger partial charge is 1.00 e. The van der Waals surface area contributed by atoms with Gasteiger partial charge < -0.3 is 24.0 Å². The van der Waals surface area contributed by atoms with E-state index in [1.54, 1.807) is 12.1 Å². The first-order valence-electron chi connectivity index (χ1n) is 6.24. The van der Waals surface area contributed by atoms with Crippen molar-refractivity contribution in [2.24, 2.45) is 7.05 Å². The number of non-ortho nitro benzene ring substituents is 1. The molecule has 0 radical (unpaired) electrons. The predicted octanol–water partition coefficient (Wildman–Crippen LogP) is -0.394. The molecule has 6 heteroatoms. The molecule has 0 fully saturated rings. The second-order valence-corrected chi connectivity index (χ2v) is 4.64. The summed E-state index contributed by atoms with van der Waals surface area (Å²) < 4.78 is 1.99. The summed E-state index contributed by atoms with van der Waals surface area (Å²) in [5.74, 6) is 0.848. The number of nitro benzene ring substituents is 1. The highest BCUT2D eigenvalue weighted by molar-refractivity contribution is 5.66. The van der Waals surface area contributed by atoms with Crippen LogP contribution >= 0.6 is 0 Å². The van der Waals surface area contributed by atoms with Crippen LogP contribution in [-0.2, 0) is 7.05 Å². The zero-order valence-corrected chi connectivity index (χ0v) is 14.2. The molecule has 1 aromatic heterocycles. The fraction of sp³-hybridized carbons (Fsp3) is 0.200. The Balaban J connectivity index is 0.00000220. The first-order chi connectivity index (χ1) is 9.47. The van der Waals surface area contributed by atoms with Crippen LogP contribution in [0.4, 0.5) is 5.69 Å². The average molecular weight is 397 g/mol. The number of halogens is 1. The molecule has 0 unspecified atom stereocenters. The molecule has 1 aromatic carbocycles. The lowest BCUT2D eigenvalue weighted by atomic mass is 10.2. The molecule has 0 amide bonds. The Morgan fingerprint density at radius 3 is 2.38 bits per heavy atom. The lowest BCUT2D eigenvalue weighted by Crippen LogP contribution is -3.00. The predicted molar refractivity (Wildman–Crippen MR) is 76.9 cm³/mol. The van der Waals surface area contributed by atoms with E-state index in [1.165, 1.54) is 12.1 Å². The number of aromatic nitrogens is 2. The maximum absolute atomic E-state index is 10.6. The van der Waals surface area contributed by atoms with Gasteiger partial charge in [0.15, 0.2) is 5.69 Å². The van der Waals surface area contributed by atoms with Crippen molar-refractivity contribution in [2.45, 2.75) is 13.8 Å². The first kappa shape index (κ1) is 17.2. The number of nitrogens with zero attached hydrogens (tertiary/aromatic N) is 3. The molecular weight excluding hydrogens is 381 g/mol. The number of benzene rings is 1. The molecule has 0 atom stereocenters. The van der Waals surface area contributed by atoms with Crippen molar-refractivity contribution in [2.75, 3.05) is 0 Å². The summed E-state index contributed by atoms with van der Waals surface area (Å²) in [5, 5.41) is 10.6. The number of hydrogen-bond donors (Lipinski definition) is 0. The van der Waals surface area contributed by atoms with E-state index in [4.69, 9.17) is 0 Å². The number of hydrogen-bond acceptors (Lipinski definition) is 3. The second kappa shape index (κ2) is 7.26. The minimum atomic E-state index is -0.404. The van der Waals surface area contributed by atoms with Gasteiger partial charge in [0.2, 0.25) is 0 Å². The lowest BCUT2D eigenvalue weighted by Gasteiger charge is -1.99. The highest BCUT2D eigenvalue weighted by atomic mass is 127. The van der Waals surface area contributed by atoms with Crippen molar-refractivity contribution in [1.29, 1.82) is 0 Å². The molecule has 0 aliphatic carbocycles. The SMILES string of the molecule is Cc1cc(C)[n+](C)c(/C=C/c2ccc([N+](=O)[O-])cc2)n1.[I-]. The molecule has 2 rings (SSSR count). The Hall–Kier alpha value is -1.83. The summed E-state index contributed by atoms with van der Waals surface area (Å²) in [6.07, 6.45) is 3.80. The molecule has 0 saturated carbocycles. The van der Waals surface area contributed by atoms with Crippen LogP contribution < -0.4 is 28.5 Å². The van der Waals surface area contributed by atoms with Crippen LogP contribution in [0.3, 0.4) is 0 Å². The van der Waals surface area contributed by atoms with E-state index < -0.39 is 4.92 Å². The second-order valence-electron chi connectivity index (χ2n) is 4.64. The number of rotatable bonds is 3. The van der Waals surface area contributed by atoms with Gasteiger partial charge >= 0.3 is 5.82 Å². The molecule has 2 aromatic rings. The molecule has 0 spiro atoms. The van der Waals surface area contributed by atoms with Crippen LogP contribution in [0.15, 0.2) is 30.3 Å². The Kier molecular flexibility index (Phi) is 5.95. The highest BCUT2D eigenvalue weighted by Crippen LogP contribution is 2.13. The summed E-state index contributed by atoms with van der Waals surface area (Å²) in [6, 6.07) is 8.45. The smallest absolute Gasteiger partial charge is 0.323 e. The van der Waals surface area contributed by atoms with Crippen LogP contribution in [0.2, 0.25) is 0 Å². The Labute approximate surface area is 140 Å². The minimum Gasteiger partial charge on any atom is -1.00 e. The summed E-state index contributed by atoms with van der Waals surface area (Å²) in [7, 11) is 1.96. The quantitative estimate of drug-likeness (QED) is 0.307. The zero-order valence-electron chi connectivity index (χ0n) is 12.1. The van der Waals surface area contributed by atoms with Crippen molar-refractivity contribution in [3.63, 3.8) is 0 Å². The third-order valence-corrected chi connectivity index (χ3v) is 3.11. The van der Waals surface area contributed by atoms with Gasteiger partial charge in [0, 0.05) is 31.2 Å². The molecule has 0 bridgehead atoms. The van der Waals surface area contributed by atoms with Crippen LogP contribution in [0.1, 0.15) is 22.8 Å². The third kappa shape index (κ3) is 4.32.